The molecule has 0 bridgehead atoms. The molecule has 0 fully saturated rings. The van der Waals surface area contributed by atoms with Gasteiger partial charge in [-0.1, -0.05) is 51.4 Å². The summed E-state index contributed by atoms with van der Waals surface area (Å²) < 4.78 is 0. The summed E-state index contributed by atoms with van der Waals surface area (Å²) in [6.45, 7) is 10.5. The predicted octanol–water partition coefficient (Wildman–Crippen LogP) is 4.27. The fraction of sp³-hybridized carbons (Fsp3) is 0.625. The van der Waals surface area contributed by atoms with Gasteiger partial charge in [-0.3, -0.25) is 4.90 Å². The normalized spacial score (nSPS) is 13.8. The lowest BCUT2D eigenvalue weighted by atomic mass is 9.81. The Kier molecular flexibility index (Phi) is 6.31. The predicted molar refractivity (Wildman–Crippen MR) is 82.6 cm³/mol. The Morgan fingerprint density at radius 1 is 1.05 bits per heavy atom. The van der Waals surface area contributed by atoms with Gasteiger partial charge < -0.3 is 5.11 Å². The minimum absolute atomic E-state index is 0.197. The lowest BCUT2D eigenvalue weighted by Crippen LogP contribution is -2.52. The summed E-state index contributed by atoms with van der Waals surface area (Å²) >= 11 is 5.92. The number of nitrogens with zero attached hydrogens (tertiary/aromatic N) is 1. The highest BCUT2D eigenvalue weighted by atomic mass is 35.5. The van der Waals surface area contributed by atoms with Crippen LogP contribution in [0, 0.1) is 0 Å². The van der Waals surface area contributed by atoms with Crippen LogP contribution in [0.25, 0.3) is 0 Å². The Morgan fingerprint density at radius 2 is 1.53 bits per heavy atom. The summed E-state index contributed by atoms with van der Waals surface area (Å²) in [4.78, 5) is 2.37. The van der Waals surface area contributed by atoms with Crippen molar-refractivity contribution in [1.29, 1.82) is 0 Å². The van der Waals surface area contributed by atoms with Crippen molar-refractivity contribution in [2.24, 2.45) is 0 Å². The Bertz CT molecular complexity index is 369. The first-order chi connectivity index (χ1) is 9.05. The number of aliphatic hydroxyl groups is 1. The first kappa shape index (κ1) is 16.5. The molecule has 1 aromatic carbocycles. The molecule has 0 spiro atoms. The molecule has 1 rings (SSSR count). The van der Waals surface area contributed by atoms with Crippen LogP contribution in [0.15, 0.2) is 24.3 Å². The number of likely N-dealkylation sites (N-methyl/N-ethyl adjacent to an activating group) is 1. The van der Waals surface area contributed by atoms with E-state index in [0.29, 0.717) is 5.02 Å². The molecule has 0 saturated heterocycles. The maximum atomic E-state index is 10.9. The molecular formula is C16H26ClNO. The molecule has 0 radical (unpaired) electrons. The van der Waals surface area contributed by atoms with Gasteiger partial charge in [-0.15, -0.1) is 0 Å². The molecule has 0 saturated carbocycles. The largest absolute Gasteiger partial charge is 0.386 e. The van der Waals surface area contributed by atoms with Crippen molar-refractivity contribution >= 4 is 11.6 Å². The van der Waals surface area contributed by atoms with Crippen molar-refractivity contribution in [3.63, 3.8) is 0 Å². The minimum Gasteiger partial charge on any atom is -0.386 e. The average Bonchev–Trinajstić information content (AvgIpc) is 2.45. The standard InChI is InChI=1S/C16H26ClNO/c1-5-16(6-2,18(7-3)8-4)15(19)13-9-11-14(17)12-10-13/h9-12,15,19H,5-8H2,1-4H3. The first-order valence-electron chi connectivity index (χ1n) is 7.24. The monoisotopic (exact) mass is 283 g/mol. The van der Waals surface area contributed by atoms with Gasteiger partial charge in [-0.25, -0.2) is 0 Å². The van der Waals surface area contributed by atoms with Crippen LogP contribution in [0.4, 0.5) is 0 Å². The lowest BCUT2D eigenvalue weighted by molar-refractivity contribution is -0.0366. The van der Waals surface area contributed by atoms with Crippen molar-refractivity contribution in [3.05, 3.63) is 34.9 Å². The second-order valence-electron chi connectivity index (χ2n) is 4.94. The van der Waals surface area contributed by atoms with Gasteiger partial charge in [0.25, 0.3) is 0 Å². The van der Waals surface area contributed by atoms with Gasteiger partial charge in [-0.2, -0.15) is 0 Å². The van der Waals surface area contributed by atoms with Gasteiger partial charge in [0.15, 0.2) is 0 Å². The van der Waals surface area contributed by atoms with Gasteiger partial charge in [0, 0.05) is 5.02 Å². The van der Waals surface area contributed by atoms with Crippen molar-refractivity contribution in [3.8, 4) is 0 Å². The second kappa shape index (κ2) is 7.28. The van der Waals surface area contributed by atoms with Gasteiger partial charge in [0.2, 0.25) is 0 Å². The molecule has 0 heterocycles. The maximum Gasteiger partial charge on any atom is 0.0973 e. The van der Waals surface area contributed by atoms with Crippen molar-refractivity contribution in [2.45, 2.75) is 52.2 Å². The highest BCUT2D eigenvalue weighted by molar-refractivity contribution is 6.30. The van der Waals surface area contributed by atoms with Crippen LogP contribution in [0.1, 0.15) is 52.2 Å². The number of hydrogen-bond donors (Lipinski definition) is 1. The first-order valence-corrected chi connectivity index (χ1v) is 7.62. The van der Waals surface area contributed by atoms with Crippen LogP contribution in [-0.2, 0) is 0 Å². The van der Waals surface area contributed by atoms with E-state index in [1.807, 2.05) is 24.3 Å². The molecule has 1 aromatic rings. The van der Waals surface area contributed by atoms with E-state index in [0.717, 1.165) is 31.5 Å². The summed E-state index contributed by atoms with van der Waals surface area (Å²) in [7, 11) is 0. The topological polar surface area (TPSA) is 23.5 Å². The van der Waals surface area contributed by atoms with Crippen LogP contribution in [0.5, 0.6) is 0 Å². The molecule has 0 aliphatic heterocycles. The fourth-order valence-electron chi connectivity index (χ4n) is 3.07. The number of rotatable bonds is 7. The zero-order valence-electron chi connectivity index (χ0n) is 12.5. The fourth-order valence-corrected chi connectivity index (χ4v) is 3.19. The van der Waals surface area contributed by atoms with E-state index in [1.54, 1.807) is 0 Å². The zero-order chi connectivity index (χ0) is 14.5. The van der Waals surface area contributed by atoms with Crippen molar-refractivity contribution in [2.75, 3.05) is 13.1 Å². The summed E-state index contributed by atoms with van der Waals surface area (Å²) in [5, 5.41) is 11.6. The third-order valence-corrected chi connectivity index (χ3v) is 4.56. The molecule has 0 amide bonds. The molecular weight excluding hydrogens is 258 g/mol. The van der Waals surface area contributed by atoms with E-state index in [1.165, 1.54) is 0 Å². The van der Waals surface area contributed by atoms with Crippen LogP contribution >= 0.6 is 11.6 Å². The van der Waals surface area contributed by atoms with E-state index in [9.17, 15) is 5.11 Å². The Morgan fingerprint density at radius 3 is 1.89 bits per heavy atom. The quantitative estimate of drug-likeness (QED) is 0.808. The average molecular weight is 284 g/mol. The van der Waals surface area contributed by atoms with Crippen LogP contribution in [-0.4, -0.2) is 28.6 Å². The van der Waals surface area contributed by atoms with E-state index in [-0.39, 0.29) is 5.54 Å². The molecule has 3 heteroatoms. The van der Waals surface area contributed by atoms with Crippen molar-refractivity contribution < 1.29 is 5.11 Å². The summed E-state index contributed by atoms with van der Waals surface area (Å²) in [6, 6.07) is 7.55. The zero-order valence-corrected chi connectivity index (χ0v) is 13.2. The molecule has 1 N–H and O–H groups in total. The SMILES string of the molecule is CCN(CC)C(CC)(CC)C(O)c1ccc(Cl)cc1. The second-order valence-corrected chi connectivity index (χ2v) is 5.37. The maximum absolute atomic E-state index is 10.9. The molecule has 0 aliphatic rings. The van der Waals surface area contributed by atoms with E-state index >= 15 is 0 Å². The van der Waals surface area contributed by atoms with E-state index in [2.05, 4.69) is 32.6 Å². The molecule has 1 atom stereocenters. The van der Waals surface area contributed by atoms with Gasteiger partial charge in [-0.05, 0) is 43.6 Å². The van der Waals surface area contributed by atoms with E-state index < -0.39 is 6.10 Å². The summed E-state index contributed by atoms with van der Waals surface area (Å²) in [5.74, 6) is 0. The number of hydrogen-bond acceptors (Lipinski definition) is 2. The molecule has 2 nitrogen and oxygen atoms in total. The summed E-state index contributed by atoms with van der Waals surface area (Å²) in [6.07, 6.45) is 1.36. The minimum atomic E-state index is -0.486. The third kappa shape index (κ3) is 3.31. The van der Waals surface area contributed by atoms with Crippen LogP contribution < -0.4 is 0 Å². The Labute approximate surface area is 122 Å². The Balaban J connectivity index is 3.13. The van der Waals surface area contributed by atoms with Crippen molar-refractivity contribution in [1.82, 2.24) is 4.90 Å². The molecule has 1 unspecified atom stereocenters. The highest BCUT2D eigenvalue weighted by Crippen LogP contribution is 2.37. The molecule has 108 valence electrons. The molecule has 19 heavy (non-hydrogen) atoms. The molecule has 0 aliphatic carbocycles. The number of halogens is 1. The Hall–Kier alpha value is -0.570. The smallest absolute Gasteiger partial charge is 0.0973 e. The van der Waals surface area contributed by atoms with Gasteiger partial charge in [0.1, 0.15) is 0 Å². The highest BCUT2D eigenvalue weighted by Gasteiger charge is 2.39. The summed E-state index contributed by atoms with van der Waals surface area (Å²) in [5.41, 5.74) is 0.747. The lowest BCUT2D eigenvalue weighted by Gasteiger charge is -2.46. The van der Waals surface area contributed by atoms with E-state index in [4.69, 9.17) is 11.6 Å². The van der Waals surface area contributed by atoms with Crippen LogP contribution in [0.3, 0.4) is 0 Å². The van der Waals surface area contributed by atoms with Crippen LogP contribution in [0.2, 0.25) is 5.02 Å². The number of benzene rings is 1. The van der Waals surface area contributed by atoms with Gasteiger partial charge in [0.05, 0.1) is 11.6 Å². The number of aliphatic hydroxyl groups excluding tert-OH is 1. The molecule has 0 aromatic heterocycles. The van der Waals surface area contributed by atoms with Gasteiger partial charge >= 0.3 is 0 Å². The third-order valence-electron chi connectivity index (χ3n) is 4.31.